The molecular formula is C20H12ClNO2S. The fourth-order valence-corrected chi connectivity index (χ4v) is 3.68. The fraction of sp³-hybridized carbons (Fsp3) is 0. The number of H-pyrrole nitrogens is 1. The first-order valence-corrected chi connectivity index (χ1v) is 8.89. The van der Waals surface area contributed by atoms with Crippen LogP contribution in [0, 0.1) is 0 Å². The summed E-state index contributed by atoms with van der Waals surface area (Å²) in [7, 11) is 0. The van der Waals surface area contributed by atoms with Gasteiger partial charge < -0.3 is 4.98 Å². The second-order valence-electron chi connectivity index (χ2n) is 5.62. The molecule has 25 heavy (non-hydrogen) atoms. The average molecular weight is 366 g/mol. The SMILES string of the molecule is O=C(c1ccc(Cl)cc1)c1ccc2[nH]c(=O)cc(-c3cccs3)c2c1. The summed E-state index contributed by atoms with van der Waals surface area (Å²) in [5.74, 6) is -0.0816. The smallest absolute Gasteiger partial charge is 0.249 e. The quantitative estimate of drug-likeness (QED) is 0.511. The molecule has 0 fully saturated rings. The van der Waals surface area contributed by atoms with Gasteiger partial charge in [0, 0.05) is 43.6 Å². The minimum atomic E-state index is -0.160. The largest absolute Gasteiger partial charge is 0.322 e. The molecule has 0 atom stereocenters. The van der Waals surface area contributed by atoms with Gasteiger partial charge in [0.2, 0.25) is 5.56 Å². The summed E-state index contributed by atoms with van der Waals surface area (Å²) in [6, 6.07) is 17.6. The lowest BCUT2D eigenvalue weighted by molar-refractivity contribution is 0.103. The molecule has 4 aromatic rings. The van der Waals surface area contributed by atoms with E-state index in [9.17, 15) is 9.59 Å². The van der Waals surface area contributed by atoms with Crippen molar-refractivity contribution in [2.75, 3.05) is 0 Å². The van der Waals surface area contributed by atoms with Crippen LogP contribution in [0.15, 0.2) is 70.8 Å². The number of carbonyl (C=O) groups excluding carboxylic acids is 1. The number of nitrogens with one attached hydrogen (secondary N) is 1. The highest BCUT2D eigenvalue weighted by molar-refractivity contribution is 7.13. The van der Waals surface area contributed by atoms with Crippen LogP contribution in [0.5, 0.6) is 0 Å². The highest BCUT2D eigenvalue weighted by atomic mass is 35.5. The molecule has 5 heteroatoms. The first-order chi connectivity index (χ1) is 12.1. The Hall–Kier alpha value is -2.69. The van der Waals surface area contributed by atoms with E-state index >= 15 is 0 Å². The highest BCUT2D eigenvalue weighted by Crippen LogP contribution is 2.30. The fourth-order valence-electron chi connectivity index (χ4n) is 2.80. The Labute approximate surface area is 152 Å². The van der Waals surface area contributed by atoms with Crippen molar-refractivity contribution in [3.8, 4) is 10.4 Å². The zero-order valence-corrected chi connectivity index (χ0v) is 14.5. The molecule has 2 aromatic heterocycles. The summed E-state index contributed by atoms with van der Waals surface area (Å²) in [5, 5.41) is 3.40. The molecule has 0 unspecified atom stereocenters. The number of pyridine rings is 1. The van der Waals surface area contributed by atoms with Crippen molar-refractivity contribution in [3.63, 3.8) is 0 Å². The van der Waals surface area contributed by atoms with Crippen LogP contribution in [0.2, 0.25) is 5.02 Å². The van der Waals surface area contributed by atoms with Crippen LogP contribution in [0.1, 0.15) is 15.9 Å². The number of benzene rings is 2. The first kappa shape index (κ1) is 15.8. The van der Waals surface area contributed by atoms with Crippen LogP contribution in [-0.2, 0) is 0 Å². The van der Waals surface area contributed by atoms with Gasteiger partial charge in [-0.1, -0.05) is 17.7 Å². The molecule has 2 aromatic carbocycles. The van der Waals surface area contributed by atoms with Gasteiger partial charge in [0.25, 0.3) is 0 Å². The lowest BCUT2D eigenvalue weighted by atomic mass is 9.99. The van der Waals surface area contributed by atoms with E-state index in [1.54, 1.807) is 53.8 Å². The van der Waals surface area contributed by atoms with Gasteiger partial charge in [-0.2, -0.15) is 0 Å². The molecule has 0 saturated carbocycles. The lowest BCUT2D eigenvalue weighted by Gasteiger charge is -2.07. The van der Waals surface area contributed by atoms with Crippen LogP contribution in [0.3, 0.4) is 0 Å². The minimum Gasteiger partial charge on any atom is -0.322 e. The average Bonchev–Trinajstić information content (AvgIpc) is 3.15. The number of halogens is 1. The number of ketones is 1. The Morgan fingerprint density at radius 1 is 0.960 bits per heavy atom. The number of aromatic amines is 1. The Morgan fingerprint density at radius 2 is 1.72 bits per heavy atom. The Balaban J connectivity index is 1.88. The second kappa shape index (κ2) is 6.31. The number of rotatable bonds is 3. The monoisotopic (exact) mass is 365 g/mol. The van der Waals surface area contributed by atoms with E-state index < -0.39 is 0 Å². The highest BCUT2D eigenvalue weighted by Gasteiger charge is 2.13. The van der Waals surface area contributed by atoms with Crippen molar-refractivity contribution in [2.45, 2.75) is 0 Å². The molecule has 0 spiro atoms. The van der Waals surface area contributed by atoms with Crippen molar-refractivity contribution < 1.29 is 4.79 Å². The summed E-state index contributed by atoms with van der Waals surface area (Å²) < 4.78 is 0. The maximum atomic E-state index is 12.8. The maximum Gasteiger partial charge on any atom is 0.249 e. The van der Waals surface area contributed by atoms with Crippen LogP contribution >= 0.6 is 22.9 Å². The van der Waals surface area contributed by atoms with Gasteiger partial charge in [0.15, 0.2) is 5.78 Å². The van der Waals surface area contributed by atoms with Crippen molar-refractivity contribution in [1.82, 2.24) is 4.98 Å². The maximum absolute atomic E-state index is 12.8. The van der Waals surface area contributed by atoms with Gasteiger partial charge in [-0.25, -0.2) is 0 Å². The van der Waals surface area contributed by atoms with Crippen molar-refractivity contribution in [1.29, 1.82) is 0 Å². The van der Waals surface area contributed by atoms with E-state index in [-0.39, 0.29) is 11.3 Å². The van der Waals surface area contributed by atoms with Gasteiger partial charge >= 0.3 is 0 Å². The van der Waals surface area contributed by atoms with Gasteiger partial charge in [0.05, 0.1) is 0 Å². The topological polar surface area (TPSA) is 49.9 Å². The van der Waals surface area contributed by atoms with Crippen molar-refractivity contribution in [3.05, 3.63) is 92.5 Å². The van der Waals surface area contributed by atoms with Gasteiger partial charge in [-0.05, 0) is 53.9 Å². The summed E-state index contributed by atoms with van der Waals surface area (Å²) in [5.41, 5.74) is 2.53. The summed E-state index contributed by atoms with van der Waals surface area (Å²) in [4.78, 5) is 28.5. The molecule has 0 radical (unpaired) electrons. The number of hydrogen-bond donors (Lipinski definition) is 1. The molecule has 0 saturated heterocycles. The van der Waals surface area contributed by atoms with E-state index in [1.165, 1.54) is 0 Å². The number of carbonyl (C=O) groups is 1. The van der Waals surface area contributed by atoms with Gasteiger partial charge in [-0.3, -0.25) is 9.59 Å². The first-order valence-electron chi connectivity index (χ1n) is 7.63. The molecular weight excluding hydrogens is 354 g/mol. The minimum absolute atomic E-state index is 0.0816. The molecule has 0 aliphatic heterocycles. The molecule has 0 bridgehead atoms. The normalized spacial score (nSPS) is 10.9. The number of thiophene rings is 1. The van der Waals surface area contributed by atoms with E-state index in [0.717, 1.165) is 15.8 Å². The molecule has 2 heterocycles. The third-order valence-corrected chi connectivity index (χ3v) is 5.15. The van der Waals surface area contributed by atoms with Gasteiger partial charge in [0.1, 0.15) is 0 Å². The molecule has 1 N–H and O–H groups in total. The number of fused-ring (bicyclic) bond motifs is 1. The van der Waals surface area contributed by atoms with Crippen LogP contribution in [-0.4, -0.2) is 10.8 Å². The van der Waals surface area contributed by atoms with Crippen LogP contribution in [0.4, 0.5) is 0 Å². The summed E-state index contributed by atoms with van der Waals surface area (Å²) >= 11 is 7.45. The molecule has 4 rings (SSSR count). The van der Waals surface area contributed by atoms with E-state index in [2.05, 4.69) is 4.98 Å². The predicted octanol–water partition coefficient (Wildman–Crippen LogP) is 5.14. The molecule has 0 aliphatic carbocycles. The van der Waals surface area contributed by atoms with E-state index in [1.807, 2.05) is 23.6 Å². The Morgan fingerprint density at radius 3 is 2.44 bits per heavy atom. The number of aromatic nitrogens is 1. The summed E-state index contributed by atoms with van der Waals surface area (Å²) in [6.45, 7) is 0. The molecule has 0 amide bonds. The zero-order chi connectivity index (χ0) is 17.4. The Kier molecular flexibility index (Phi) is 3.99. The lowest BCUT2D eigenvalue weighted by Crippen LogP contribution is -2.06. The van der Waals surface area contributed by atoms with E-state index in [0.29, 0.717) is 21.7 Å². The molecule has 122 valence electrons. The standard InChI is InChI=1S/C20H12ClNO2S/c21-14-6-3-12(4-7-14)20(24)13-5-8-17-15(10-13)16(11-19(23)22-17)18-2-1-9-25-18/h1-11H,(H,22,23). The zero-order valence-electron chi connectivity index (χ0n) is 13.0. The predicted molar refractivity (Wildman–Crippen MR) is 103 cm³/mol. The molecule has 0 aliphatic rings. The number of hydrogen-bond acceptors (Lipinski definition) is 3. The van der Waals surface area contributed by atoms with Crippen LogP contribution in [0.25, 0.3) is 21.3 Å². The third-order valence-electron chi connectivity index (χ3n) is 4.00. The third kappa shape index (κ3) is 3.02. The molecule has 3 nitrogen and oxygen atoms in total. The van der Waals surface area contributed by atoms with Gasteiger partial charge in [-0.15, -0.1) is 11.3 Å². The van der Waals surface area contributed by atoms with Crippen molar-refractivity contribution in [2.24, 2.45) is 0 Å². The van der Waals surface area contributed by atoms with E-state index in [4.69, 9.17) is 11.6 Å². The summed E-state index contributed by atoms with van der Waals surface area (Å²) in [6.07, 6.45) is 0. The Bertz CT molecular complexity index is 1130. The van der Waals surface area contributed by atoms with Crippen LogP contribution < -0.4 is 5.56 Å². The van der Waals surface area contributed by atoms with Crippen molar-refractivity contribution >= 4 is 39.6 Å². The second-order valence-corrected chi connectivity index (χ2v) is 7.01.